The van der Waals surface area contributed by atoms with Crippen LogP contribution in [0.1, 0.15) is 37.8 Å². The number of carbonyl (C=O) groups excluding carboxylic acids is 2. The first-order chi connectivity index (χ1) is 12.9. The van der Waals surface area contributed by atoms with Crippen molar-refractivity contribution in [3.8, 4) is 11.3 Å². The fourth-order valence-corrected chi connectivity index (χ4v) is 2.86. The third-order valence-corrected chi connectivity index (χ3v) is 4.42. The second-order valence-electron chi connectivity index (χ2n) is 6.21. The van der Waals surface area contributed by atoms with Crippen LogP contribution in [0, 0.1) is 13.8 Å². The molecule has 0 atom stereocenters. The monoisotopic (exact) mass is 367 g/mol. The first kappa shape index (κ1) is 18.4. The number of aryl methyl sites for hydroxylation is 2. The Morgan fingerprint density at radius 1 is 1.22 bits per heavy atom. The van der Waals surface area contributed by atoms with Gasteiger partial charge in [-0.2, -0.15) is 10.2 Å². The third kappa shape index (κ3) is 3.74. The number of ether oxygens (including phenoxy) is 1. The number of methoxy groups -OCH3 is 1. The van der Waals surface area contributed by atoms with Gasteiger partial charge in [0.05, 0.1) is 24.1 Å². The minimum atomic E-state index is -0.392. The van der Waals surface area contributed by atoms with Crippen LogP contribution in [-0.4, -0.2) is 39.0 Å². The molecule has 0 unspecified atom stereocenters. The van der Waals surface area contributed by atoms with Gasteiger partial charge < -0.3 is 10.1 Å². The summed E-state index contributed by atoms with van der Waals surface area (Å²) in [6, 6.07) is 8.58. The molecule has 3 aromatic rings. The average Bonchev–Trinajstić information content (AvgIpc) is 3.24. The number of nitrogens with one attached hydrogen (secondary N) is 2. The Labute approximate surface area is 156 Å². The van der Waals surface area contributed by atoms with Gasteiger partial charge in [-0.05, 0) is 37.6 Å². The van der Waals surface area contributed by atoms with Gasteiger partial charge in [0.25, 0.3) is 5.91 Å². The molecule has 0 aliphatic carbocycles. The summed E-state index contributed by atoms with van der Waals surface area (Å²) in [5.41, 5.74) is 5.16. The molecule has 8 heteroatoms. The Morgan fingerprint density at radius 2 is 1.93 bits per heavy atom. The van der Waals surface area contributed by atoms with Gasteiger partial charge in [0.15, 0.2) is 0 Å². The molecule has 140 valence electrons. The average molecular weight is 367 g/mol. The quantitative estimate of drug-likeness (QED) is 0.673. The molecule has 0 aliphatic heterocycles. The highest BCUT2D eigenvalue weighted by Gasteiger charge is 2.17. The van der Waals surface area contributed by atoms with Crippen molar-refractivity contribution in [1.82, 2.24) is 25.3 Å². The Bertz CT molecular complexity index is 985. The van der Waals surface area contributed by atoms with Crippen molar-refractivity contribution in [2.24, 2.45) is 7.05 Å². The zero-order valence-electron chi connectivity index (χ0n) is 15.7. The highest BCUT2D eigenvalue weighted by Crippen LogP contribution is 2.25. The van der Waals surface area contributed by atoms with Gasteiger partial charge in [0.1, 0.15) is 5.69 Å². The number of aromatic nitrogens is 4. The van der Waals surface area contributed by atoms with E-state index >= 15 is 0 Å². The number of esters is 1. The number of aromatic amines is 1. The topological polar surface area (TPSA) is 102 Å². The van der Waals surface area contributed by atoms with Crippen molar-refractivity contribution < 1.29 is 14.3 Å². The lowest BCUT2D eigenvalue weighted by molar-refractivity contribution is 0.0600. The van der Waals surface area contributed by atoms with Gasteiger partial charge in [-0.15, -0.1) is 0 Å². The first-order valence-electron chi connectivity index (χ1n) is 8.42. The molecule has 1 aromatic carbocycles. The second kappa shape index (κ2) is 7.45. The van der Waals surface area contributed by atoms with Crippen molar-refractivity contribution in [2.45, 2.75) is 20.4 Å². The van der Waals surface area contributed by atoms with Crippen LogP contribution in [-0.2, 0) is 18.3 Å². The molecule has 2 N–H and O–H groups in total. The largest absolute Gasteiger partial charge is 0.465 e. The van der Waals surface area contributed by atoms with Crippen LogP contribution < -0.4 is 5.32 Å². The fourth-order valence-electron chi connectivity index (χ4n) is 2.86. The van der Waals surface area contributed by atoms with Crippen molar-refractivity contribution in [3.63, 3.8) is 0 Å². The Hall–Kier alpha value is -3.42. The van der Waals surface area contributed by atoms with Crippen LogP contribution in [0.5, 0.6) is 0 Å². The van der Waals surface area contributed by atoms with Gasteiger partial charge in [-0.25, -0.2) is 4.79 Å². The summed E-state index contributed by atoms with van der Waals surface area (Å²) in [6.45, 7) is 4.20. The van der Waals surface area contributed by atoms with E-state index in [1.54, 1.807) is 35.0 Å². The summed E-state index contributed by atoms with van der Waals surface area (Å²) in [5, 5.41) is 14.2. The van der Waals surface area contributed by atoms with Crippen molar-refractivity contribution in [2.75, 3.05) is 7.11 Å². The molecular weight excluding hydrogens is 346 g/mol. The molecule has 1 amide bonds. The summed E-state index contributed by atoms with van der Waals surface area (Å²) < 4.78 is 6.45. The van der Waals surface area contributed by atoms with Crippen molar-refractivity contribution in [3.05, 3.63) is 58.5 Å². The SMILES string of the molecule is COC(=O)c1ccc(CNC(=O)c2cc(-c3c(C)nn(C)c3C)n[nH]2)cc1. The lowest BCUT2D eigenvalue weighted by Gasteiger charge is -2.05. The number of H-pyrrole nitrogens is 1. The number of amides is 1. The van der Waals surface area contributed by atoms with Gasteiger partial charge >= 0.3 is 5.97 Å². The van der Waals surface area contributed by atoms with E-state index in [1.165, 1.54) is 7.11 Å². The zero-order valence-corrected chi connectivity index (χ0v) is 15.7. The van der Waals surface area contributed by atoms with Gasteiger partial charge in [0, 0.05) is 24.8 Å². The van der Waals surface area contributed by atoms with Crippen LogP contribution in [0.4, 0.5) is 0 Å². The van der Waals surface area contributed by atoms with Gasteiger partial charge in [-0.3, -0.25) is 14.6 Å². The molecule has 0 bridgehead atoms. The first-order valence-corrected chi connectivity index (χ1v) is 8.42. The van der Waals surface area contributed by atoms with Crippen LogP contribution >= 0.6 is 0 Å². The predicted molar refractivity (Wildman–Crippen MR) is 99.2 cm³/mol. The summed E-state index contributed by atoms with van der Waals surface area (Å²) in [7, 11) is 3.21. The van der Waals surface area contributed by atoms with Crippen LogP contribution in [0.2, 0.25) is 0 Å². The predicted octanol–water partition coefficient (Wildman–Crippen LogP) is 2.14. The molecule has 0 saturated heterocycles. The van der Waals surface area contributed by atoms with E-state index in [-0.39, 0.29) is 5.91 Å². The van der Waals surface area contributed by atoms with E-state index in [0.717, 1.165) is 22.5 Å². The lowest BCUT2D eigenvalue weighted by Crippen LogP contribution is -2.23. The summed E-state index contributed by atoms with van der Waals surface area (Å²) in [6.07, 6.45) is 0. The van der Waals surface area contributed by atoms with Gasteiger partial charge in [0.2, 0.25) is 0 Å². The normalized spacial score (nSPS) is 10.7. The maximum atomic E-state index is 12.4. The van der Waals surface area contributed by atoms with E-state index in [4.69, 9.17) is 0 Å². The van der Waals surface area contributed by atoms with Crippen molar-refractivity contribution >= 4 is 11.9 Å². The summed E-state index contributed by atoms with van der Waals surface area (Å²) in [5.74, 6) is -0.651. The molecule has 2 heterocycles. The molecular formula is C19H21N5O3. The maximum Gasteiger partial charge on any atom is 0.337 e. The molecule has 8 nitrogen and oxygen atoms in total. The number of hydrogen-bond donors (Lipinski definition) is 2. The molecule has 0 radical (unpaired) electrons. The number of nitrogens with zero attached hydrogens (tertiary/aromatic N) is 3. The Morgan fingerprint density at radius 3 is 2.52 bits per heavy atom. The van der Waals surface area contributed by atoms with Gasteiger partial charge in [-0.1, -0.05) is 12.1 Å². The molecule has 0 fully saturated rings. The lowest BCUT2D eigenvalue weighted by atomic mass is 10.1. The van der Waals surface area contributed by atoms with Crippen LogP contribution in [0.25, 0.3) is 11.3 Å². The molecule has 0 spiro atoms. The Balaban J connectivity index is 1.67. The van der Waals surface area contributed by atoms with Crippen molar-refractivity contribution in [1.29, 1.82) is 0 Å². The molecule has 0 aliphatic rings. The number of hydrogen-bond acceptors (Lipinski definition) is 5. The highest BCUT2D eigenvalue weighted by molar-refractivity contribution is 5.93. The maximum absolute atomic E-state index is 12.4. The summed E-state index contributed by atoms with van der Waals surface area (Å²) in [4.78, 5) is 23.8. The molecule has 0 saturated carbocycles. The molecule has 27 heavy (non-hydrogen) atoms. The van der Waals surface area contributed by atoms with E-state index in [0.29, 0.717) is 23.5 Å². The summed E-state index contributed by atoms with van der Waals surface area (Å²) >= 11 is 0. The minimum Gasteiger partial charge on any atom is -0.465 e. The van der Waals surface area contributed by atoms with E-state index in [9.17, 15) is 9.59 Å². The number of carbonyl (C=O) groups is 2. The van der Waals surface area contributed by atoms with E-state index < -0.39 is 5.97 Å². The zero-order chi connectivity index (χ0) is 19.6. The smallest absolute Gasteiger partial charge is 0.337 e. The molecule has 3 rings (SSSR count). The number of benzene rings is 1. The molecule has 2 aromatic heterocycles. The second-order valence-corrected chi connectivity index (χ2v) is 6.21. The Kier molecular flexibility index (Phi) is 5.07. The highest BCUT2D eigenvalue weighted by atomic mass is 16.5. The van der Waals surface area contributed by atoms with Crippen LogP contribution in [0.15, 0.2) is 30.3 Å². The van der Waals surface area contributed by atoms with Crippen LogP contribution in [0.3, 0.4) is 0 Å². The van der Waals surface area contributed by atoms with E-state index in [1.807, 2.05) is 20.9 Å². The third-order valence-electron chi connectivity index (χ3n) is 4.42. The standard InChI is InChI=1S/C19H21N5O3/c1-11-17(12(2)24(3)23-11)15-9-16(22-21-15)18(25)20-10-13-5-7-14(8-6-13)19(26)27-4/h5-9H,10H2,1-4H3,(H,20,25)(H,21,22). The van der Waals surface area contributed by atoms with E-state index in [2.05, 4.69) is 25.3 Å². The number of rotatable bonds is 5. The minimum absolute atomic E-state index is 0.259. The fraction of sp³-hybridized carbons (Fsp3) is 0.263.